The first kappa shape index (κ1) is 14.1. The van der Waals surface area contributed by atoms with E-state index in [1.54, 1.807) is 0 Å². The normalized spacial score (nSPS) is 12.6. The number of unbranched alkanes of at least 4 members (excludes halogenated alkanes) is 2. The fraction of sp³-hybridized carbons (Fsp3) is 0.462. The Morgan fingerprint density at radius 1 is 1.37 bits per heavy atom. The van der Waals surface area contributed by atoms with Crippen LogP contribution in [0.5, 0.6) is 0 Å². The zero-order valence-corrected chi connectivity index (χ0v) is 12.4. The number of rotatable bonds is 6. The molecule has 102 valence electrons. The molecule has 0 aliphatic carbocycles. The van der Waals surface area contributed by atoms with E-state index in [-0.39, 0.29) is 0 Å². The molecule has 5 nitrogen and oxygen atoms in total. The number of aliphatic hydroxyl groups excluding tert-OH is 1. The van der Waals surface area contributed by atoms with Gasteiger partial charge in [-0.2, -0.15) is 0 Å². The van der Waals surface area contributed by atoms with Crippen molar-refractivity contribution in [3.05, 3.63) is 28.2 Å². The van der Waals surface area contributed by atoms with Crippen molar-refractivity contribution in [3.8, 4) is 11.4 Å². The summed E-state index contributed by atoms with van der Waals surface area (Å²) in [6.45, 7) is 2.15. The van der Waals surface area contributed by atoms with E-state index in [2.05, 4.69) is 43.5 Å². The Kier molecular flexibility index (Phi) is 5.04. The highest BCUT2D eigenvalue weighted by Gasteiger charge is 2.16. The van der Waals surface area contributed by atoms with Gasteiger partial charge in [-0.25, -0.2) is 5.10 Å². The van der Waals surface area contributed by atoms with Crippen LogP contribution in [0, 0.1) is 0 Å². The number of benzene rings is 1. The third kappa shape index (κ3) is 3.61. The van der Waals surface area contributed by atoms with Gasteiger partial charge >= 0.3 is 0 Å². The fourth-order valence-corrected chi connectivity index (χ4v) is 2.40. The molecule has 1 aromatic heterocycles. The molecule has 0 spiro atoms. The lowest BCUT2D eigenvalue weighted by Crippen LogP contribution is -2.01. The first-order chi connectivity index (χ1) is 9.22. The van der Waals surface area contributed by atoms with Gasteiger partial charge in [0.1, 0.15) is 0 Å². The van der Waals surface area contributed by atoms with Gasteiger partial charge in [0, 0.05) is 10.0 Å². The minimum atomic E-state index is -0.486. The first-order valence-electron chi connectivity index (χ1n) is 6.44. The molecule has 0 aliphatic rings. The van der Waals surface area contributed by atoms with Crippen LogP contribution in [0.3, 0.4) is 0 Å². The highest BCUT2D eigenvalue weighted by Crippen LogP contribution is 2.31. The monoisotopic (exact) mass is 324 g/mol. The van der Waals surface area contributed by atoms with Gasteiger partial charge in [-0.05, 0) is 34.5 Å². The van der Waals surface area contributed by atoms with Gasteiger partial charge in [0.2, 0.25) is 0 Å². The second-order valence-electron chi connectivity index (χ2n) is 4.49. The van der Waals surface area contributed by atoms with Crippen LogP contribution in [-0.2, 0) is 0 Å². The van der Waals surface area contributed by atoms with Crippen LogP contribution < -0.4 is 0 Å². The van der Waals surface area contributed by atoms with Gasteiger partial charge in [0.05, 0.1) is 6.10 Å². The van der Waals surface area contributed by atoms with Crippen LogP contribution in [0.2, 0.25) is 0 Å². The van der Waals surface area contributed by atoms with E-state index in [0.717, 1.165) is 41.3 Å². The first-order valence-corrected chi connectivity index (χ1v) is 7.23. The van der Waals surface area contributed by atoms with Crippen LogP contribution in [0.15, 0.2) is 22.7 Å². The van der Waals surface area contributed by atoms with Crippen molar-refractivity contribution < 1.29 is 5.11 Å². The number of nitrogens with one attached hydrogen (secondary N) is 1. The number of hydrogen-bond donors (Lipinski definition) is 2. The molecule has 0 amide bonds. The molecule has 2 aromatic rings. The molecule has 2 rings (SSSR count). The lowest BCUT2D eigenvalue weighted by atomic mass is 9.98. The third-order valence-electron chi connectivity index (χ3n) is 3.06. The number of nitrogens with zero attached hydrogens (tertiary/aromatic N) is 3. The summed E-state index contributed by atoms with van der Waals surface area (Å²) < 4.78 is 0.934. The average molecular weight is 325 g/mol. The molecule has 0 fully saturated rings. The van der Waals surface area contributed by atoms with E-state index in [0.29, 0.717) is 5.82 Å². The SMILES string of the molecule is CCCCCC(O)c1ccc(Br)cc1-c1nnn[nH]1. The largest absolute Gasteiger partial charge is 0.388 e. The molecule has 1 atom stereocenters. The highest BCUT2D eigenvalue weighted by atomic mass is 79.9. The van der Waals surface area contributed by atoms with E-state index in [9.17, 15) is 5.11 Å². The van der Waals surface area contributed by atoms with Crippen LogP contribution in [0.1, 0.15) is 44.3 Å². The van der Waals surface area contributed by atoms with E-state index in [1.807, 2.05) is 18.2 Å². The summed E-state index contributed by atoms with van der Waals surface area (Å²) in [7, 11) is 0. The smallest absolute Gasteiger partial charge is 0.179 e. The van der Waals surface area contributed by atoms with Crippen molar-refractivity contribution in [2.45, 2.75) is 38.7 Å². The second-order valence-corrected chi connectivity index (χ2v) is 5.41. The van der Waals surface area contributed by atoms with Gasteiger partial charge in [0.15, 0.2) is 5.82 Å². The van der Waals surface area contributed by atoms with Crippen LogP contribution in [0.4, 0.5) is 0 Å². The number of aliphatic hydroxyl groups is 1. The zero-order chi connectivity index (χ0) is 13.7. The van der Waals surface area contributed by atoms with Gasteiger partial charge in [-0.15, -0.1) is 5.10 Å². The van der Waals surface area contributed by atoms with Gasteiger partial charge < -0.3 is 5.11 Å². The highest BCUT2D eigenvalue weighted by molar-refractivity contribution is 9.10. The number of hydrogen-bond acceptors (Lipinski definition) is 4. The van der Waals surface area contributed by atoms with E-state index >= 15 is 0 Å². The van der Waals surface area contributed by atoms with Crippen LogP contribution in [0.25, 0.3) is 11.4 Å². The number of halogens is 1. The molecular weight excluding hydrogens is 308 g/mol. The van der Waals surface area contributed by atoms with Gasteiger partial charge in [0.25, 0.3) is 0 Å². The van der Waals surface area contributed by atoms with Crippen LogP contribution in [-0.4, -0.2) is 25.7 Å². The summed E-state index contributed by atoms with van der Waals surface area (Å²) in [5.74, 6) is 0.575. The molecule has 1 unspecified atom stereocenters. The third-order valence-corrected chi connectivity index (χ3v) is 3.55. The lowest BCUT2D eigenvalue weighted by Gasteiger charge is -2.14. The Bertz CT molecular complexity index is 515. The Balaban J connectivity index is 2.24. The Morgan fingerprint density at radius 2 is 2.21 bits per heavy atom. The number of aromatic nitrogens is 4. The predicted molar refractivity (Wildman–Crippen MR) is 76.4 cm³/mol. The molecule has 2 N–H and O–H groups in total. The van der Waals surface area contributed by atoms with Crippen LogP contribution >= 0.6 is 15.9 Å². The van der Waals surface area contributed by atoms with Crippen molar-refractivity contribution in [2.75, 3.05) is 0 Å². The van der Waals surface area contributed by atoms with Gasteiger partial charge in [-0.1, -0.05) is 48.2 Å². The zero-order valence-electron chi connectivity index (χ0n) is 10.8. The summed E-state index contributed by atoms with van der Waals surface area (Å²) in [4.78, 5) is 0. The number of H-pyrrole nitrogens is 1. The molecule has 6 heteroatoms. The summed E-state index contributed by atoms with van der Waals surface area (Å²) >= 11 is 3.43. The van der Waals surface area contributed by atoms with Crippen molar-refractivity contribution in [1.29, 1.82) is 0 Å². The molecule has 0 bridgehead atoms. The van der Waals surface area contributed by atoms with E-state index in [1.165, 1.54) is 0 Å². The minimum Gasteiger partial charge on any atom is -0.388 e. The maximum atomic E-state index is 10.3. The standard InChI is InChI=1S/C13H17BrN4O/c1-2-3-4-5-12(19)10-7-6-9(14)8-11(10)13-15-17-18-16-13/h6-8,12,19H,2-5H2,1H3,(H,15,16,17,18). The molecule has 1 aromatic carbocycles. The minimum absolute atomic E-state index is 0.486. The molecular formula is C13H17BrN4O. The topological polar surface area (TPSA) is 74.7 Å². The average Bonchev–Trinajstić information content (AvgIpc) is 2.92. The Labute approximate surface area is 120 Å². The summed E-state index contributed by atoms with van der Waals surface area (Å²) in [5.41, 5.74) is 1.70. The quantitative estimate of drug-likeness (QED) is 0.800. The summed E-state index contributed by atoms with van der Waals surface area (Å²) in [5, 5.41) is 24.2. The Hall–Kier alpha value is -1.27. The number of tetrazole rings is 1. The summed E-state index contributed by atoms with van der Waals surface area (Å²) in [6.07, 6.45) is 3.56. The number of aromatic amines is 1. The maximum Gasteiger partial charge on any atom is 0.179 e. The van der Waals surface area contributed by atoms with Crippen molar-refractivity contribution >= 4 is 15.9 Å². The van der Waals surface area contributed by atoms with Crippen molar-refractivity contribution in [1.82, 2.24) is 20.6 Å². The lowest BCUT2D eigenvalue weighted by molar-refractivity contribution is 0.164. The second kappa shape index (κ2) is 6.77. The fourth-order valence-electron chi connectivity index (χ4n) is 2.04. The molecule has 0 saturated heterocycles. The molecule has 0 saturated carbocycles. The van der Waals surface area contributed by atoms with E-state index < -0.39 is 6.10 Å². The maximum absolute atomic E-state index is 10.3. The van der Waals surface area contributed by atoms with Crippen molar-refractivity contribution in [2.24, 2.45) is 0 Å². The summed E-state index contributed by atoms with van der Waals surface area (Å²) in [6, 6.07) is 5.75. The molecule has 1 heterocycles. The predicted octanol–water partition coefficient (Wildman–Crippen LogP) is 3.24. The van der Waals surface area contributed by atoms with Crippen molar-refractivity contribution in [3.63, 3.8) is 0 Å². The van der Waals surface area contributed by atoms with Gasteiger partial charge in [-0.3, -0.25) is 0 Å². The Morgan fingerprint density at radius 3 is 2.89 bits per heavy atom. The molecule has 19 heavy (non-hydrogen) atoms. The molecule has 0 aliphatic heterocycles. The molecule has 0 radical (unpaired) electrons. The van der Waals surface area contributed by atoms with E-state index in [4.69, 9.17) is 0 Å².